The van der Waals surface area contributed by atoms with Gasteiger partial charge in [-0.2, -0.15) is 0 Å². The second kappa shape index (κ2) is 5.42. The van der Waals surface area contributed by atoms with Gasteiger partial charge in [-0.15, -0.1) is 0 Å². The number of hydrogen-bond donors (Lipinski definition) is 0. The predicted molar refractivity (Wildman–Crippen MR) is 102 cm³/mol. The molecule has 25 heavy (non-hydrogen) atoms. The molecule has 0 amide bonds. The molecule has 0 spiro atoms. The van der Waals surface area contributed by atoms with Gasteiger partial charge in [-0.1, -0.05) is 59.7 Å². The van der Waals surface area contributed by atoms with E-state index in [0.29, 0.717) is 23.5 Å². The van der Waals surface area contributed by atoms with Crippen LogP contribution in [-0.2, 0) is 4.79 Å². The van der Waals surface area contributed by atoms with Crippen molar-refractivity contribution in [2.24, 2.45) is 23.7 Å². The summed E-state index contributed by atoms with van der Waals surface area (Å²) in [5, 5.41) is 0. The summed E-state index contributed by atoms with van der Waals surface area (Å²) in [7, 11) is 0. The molecule has 2 fully saturated rings. The molecule has 4 atom stereocenters. The Kier molecular flexibility index (Phi) is 3.28. The van der Waals surface area contributed by atoms with Crippen molar-refractivity contribution < 1.29 is 4.79 Å². The van der Waals surface area contributed by atoms with Crippen molar-refractivity contribution >= 4 is 16.9 Å². The number of allylic oxidation sites excluding steroid dienone is 2. The van der Waals surface area contributed by atoms with Crippen molar-refractivity contribution in [3.8, 4) is 0 Å². The zero-order valence-electron chi connectivity index (χ0n) is 15.0. The van der Waals surface area contributed by atoms with E-state index < -0.39 is 0 Å². The van der Waals surface area contributed by atoms with Crippen molar-refractivity contribution in [3.05, 3.63) is 70.8 Å². The highest BCUT2D eigenvalue weighted by Crippen LogP contribution is 2.62. The van der Waals surface area contributed by atoms with Crippen LogP contribution in [0.3, 0.4) is 0 Å². The third-order valence-electron chi connectivity index (χ3n) is 6.66. The first-order valence-electron chi connectivity index (χ1n) is 9.56. The third-order valence-corrected chi connectivity index (χ3v) is 6.66. The molecule has 2 aromatic carbocycles. The Morgan fingerprint density at radius 3 is 2.12 bits per heavy atom. The third kappa shape index (κ3) is 2.18. The van der Waals surface area contributed by atoms with E-state index in [1.807, 2.05) is 6.07 Å². The summed E-state index contributed by atoms with van der Waals surface area (Å²) in [4.78, 5) is 13.5. The second-order valence-corrected chi connectivity index (χ2v) is 8.28. The van der Waals surface area contributed by atoms with Crippen molar-refractivity contribution in [2.75, 3.05) is 0 Å². The van der Waals surface area contributed by atoms with Crippen LogP contribution in [0.15, 0.2) is 48.5 Å². The fourth-order valence-corrected chi connectivity index (χ4v) is 5.92. The second-order valence-electron chi connectivity index (χ2n) is 8.28. The van der Waals surface area contributed by atoms with E-state index in [2.05, 4.69) is 56.3 Å². The summed E-state index contributed by atoms with van der Waals surface area (Å²) >= 11 is 0. The van der Waals surface area contributed by atoms with Gasteiger partial charge < -0.3 is 0 Å². The maximum atomic E-state index is 13.5. The Hall–Kier alpha value is -2.15. The van der Waals surface area contributed by atoms with E-state index in [9.17, 15) is 4.79 Å². The standard InChI is InChI=1S/C24H24O/c1-14-10-15(2)12-19(11-14)21-20-17-8-9-18(13-17)23(20)24(25)22(21)16-6-4-3-5-7-16/h3-7,10-12,17-18,20,23H,8-9,13H2,1-2H3/t17-,18+,20?,23?/m1/s1. The SMILES string of the molecule is Cc1cc(C)cc(C2=C(c3ccccc3)C(=O)C3C2[C@@H]2CC[C@H]3C2)c1. The summed E-state index contributed by atoms with van der Waals surface area (Å²) in [6, 6.07) is 17.2. The minimum Gasteiger partial charge on any atom is -0.294 e. The first kappa shape index (κ1) is 15.1. The highest BCUT2D eigenvalue weighted by molar-refractivity contribution is 6.32. The maximum absolute atomic E-state index is 13.5. The number of aryl methyl sites for hydroxylation is 2. The van der Waals surface area contributed by atoms with E-state index in [-0.39, 0.29) is 5.92 Å². The number of carbonyl (C=O) groups excluding carboxylic acids is 1. The Bertz CT molecular complexity index is 869. The van der Waals surface area contributed by atoms with Gasteiger partial charge in [0.05, 0.1) is 0 Å². The van der Waals surface area contributed by atoms with E-state index >= 15 is 0 Å². The minimum absolute atomic E-state index is 0.241. The maximum Gasteiger partial charge on any atom is 0.167 e. The molecule has 126 valence electrons. The van der Waals surface area contributed by atoms with Crippen molar-refractivity contribution in [2.45, 2.75) is 33.1 Å². The predicted octanol–water partition coefficient (Wildman–Crippen LogP) is 5.46. The van der Waals surface area contributed by atoms with Crippen LogP contribution in [0.25, 0.3) is 11.1 Å². The lowest BCUT2D eigenvalue weighted by atomic mass is 9.76. The molecule has 0 N–H and O–H groups in total. The van der Waals surface area contributed by atoms with Gasteiger partial charge in [-0.3, -0.25) is 4.79 Å². The van der Waals surface area contributed by atoms with Crippen molar-refractivity contribution in [1.82, 2.24) is 0 Å². The van der Waals surface area contributed by atoms with Crippen LogP contribution >= 0.6 is 0 Å². The lowest BCUT2D eigenvalue weighted by molar-refractivity contribution is -0.118. The summed E-state index contributed by atoms with van der Waals surface area (Å²) in [5.41, 5.74) is 7.32. The molecule has 2 bridgehead atoms. The average molecular weight is 328 g/mol. The molecule has 0 radical (unpaired) electrons. The molecule has 1 nitrogen and oxygen atoms in total. The Labute approximate surface area is 149 Å². The molecule has 3 aliphatic rings. The topological polar surface area (TPSA) is 17.1 Å². The van der Waals surface area contributed by atoms with Gasteiger partial charge in [0.15, 0.2) is 5.78 Å². The van der Waals surface area contributed by atoms with Gasteiger partial charge in [0.1, 0.15) is 0 Å². The lowest BCUT2D eigenvalue weighted by Gasteiger charge is -2.26. The summed E-state index contributed by atoms with van der Waals surface area (Å²) in [5.74, 6) is 2.42. The normalized spacial score (nSPS) is 30.2. The number of rotatable bonds is 2. The smallest absolute Gasteiger partial charge is 0.167 e. The van der Waals surface area contributed by atoms with Crippen LogP contribution in [0.4, 0.5) is 0 Å². The lowest BCUT2D eigenvalue weighted by Crippen LogP contribution is -2.24. The number of ketones is 1. The average Bonchev–Trinajstić information content (AvgIpc) is 3.27. The highest BCUT2D eigenvalue weighted by Gasteiger charge is 2.57. The van der Waals surface area contributed by atoms with Crippen molar-refractivity contribution in [3.63, 3.8) is 0 Å². The molecule has 2 aromatic rings. The first-order valence-corrected chi connectivity index (χ1v) is 9.56. The molecule has 5 rings (SSSR count). The van der Waals surface area contributed by atoms with Crippen LogP contribution in [0.5, 0.6) is 0 Å². The Balaban J connectivity index is 1.76. The van der Waals surface area contributed by atoms with Gasteiger partial charge >= 0.3 is 0 Å². The van der Waals surface area contributed by atoms with E-state index in [0.717, 1.165) is 11.1 Å². The summed E-state index contributed by atoms with van der Waals surface area (Å²) < 4.78 is 0. The van der Waals surface area contributed by atoms with Crippen LogP contribution in [-0.4, -0.2) is 5.78 Å². The number of Topliss-reactive ketones (excluding diaryl/α,β-unsaturated/α-hetero) is 1. The molecular weight excluding hydrogens is 304 g/mol. The molecular formula is C24H24O. The Morgan fingerprint density at radius 1 is 0.800 bits per heavy atom. The Morgan fingerprint density at radius 2 is 1.44 bits per heavy atom. The fourth-order valence-electron chi connectivity index (χ4n) is 5.92. The molecule has 0 aromatic heterocycles. The number of hydrogen-bond acceptors (Lipinski definition) is 1. The number of fused-ring (bicyclic) bond motifs is 5. The number of benzene rings is 2. The van der Waals surface area contributed by atoms with E-state index in [1.54, 1.807) is 0 Å². The quantitative estimate of drug-likeness (QED) is 0.715. The van der Waals surface area contributed by atoms with Gasteiger partial charge in [0.25, 0.3) is 0 Å². The molecule has 3 aliphatic carbocycles. The fraction of sp³-hybridized carbons (Fsp3) is 0.375. The summed E-state index contributed by atoms with van der Waals surface area (Å²) in [6.07, 6.45) is 3.81. The van der Waals surface area contributed by atoms with Crippen LogP contribution in [0, 0.1) is 37.5 Å². The molecule has 2 saturated carbocycles. The van der Waals surface area contributed by atoms with E-state index in [4.69, 9.17) is 0 Å². The largest absolute Gasteiger partial charge is 0.294 e. The molecule has 1 heteroatoms. The van der Waals surface area contributed by atoms with Gasteiger partial charge in [-0.05, 0) is 67.6 Å². The monoisotopic (exact) mass is 328 g/mol. The van der Waals surface area contributed by atoms with Crippen LogP contribution < -0.4 is 0 Å². The minimum atomic E-state index is 0.241. The molecule has 0 aliphatic heterocycles. The van der Waals surface area contributed by atoms with Crippen molar-refractivity contribution in [1.29, 1.82) is 0 Å². The molecule has 0 saturated heterocycles. The van der Waals surface area contributed by atoms with Gasteiger partial charge in [0.2, 0.25) is 0 Å². The summed E-state index contributed by atoms with van der Waals surface area (Å²) in [6.45, 7) is 4.32. The van der Waals surface area contributed by atoms with Crippen LogP contribution in [0.2, 0.25) is 0 Å². The number of carbonyl (C=O) groups is 1. The van der Waals surface area contributed by atoms with Gasteiger partial charge in [0, 0.05) is 11.5 Å². The zero-order chi connectivity index (χ0) is 17.1. The molecule has 0 heterocycles. The van der Waals surface area contributed by atoms with E-state index in [1.165, 1.54) is 41.5 Å². The highest BCUT2D eigenvalue weighted by atomic mass is 16.1. The zero-order valence-corrected chi connectivity index (χ0v) is 15.0. The van der Waals surface area contributed by atoms with Crippen LogP contribution in [0.1, 0.15) is 41.5 Å². The first-order chi connectivity index (χ1) is 12.1. The van der Waals surface area contributed by atoms with Gasteiger partial charge in [-0.25, -0.2) is 0 Å². The molecule has 2 unspecified atom stereocenters.